The van der Waals surface area contributed by atoms with Crippen molar-refractivity contribution in [3.8, 4) is 11.5 Å². The number of nitrogens with zero attached hydrogens (tertiary/aromatic N) is 1. The summed E-state index contributed by atoms with van der Waals surface area (Å²) >= 11 is 0. The van der Waals surface area contributed by atoms with E-state index in [1.807, 2.05) is 36.4 Å². The Balaban J connectivity index is 1.84. The first-order valence-electron chi connectivity index (χ1n) is 9.22. The van der Waals surface area contributed by atoms with E-state index in [4.69, 9.17) is 9.47 Å². The Kier molecular flexibility index (Phi) is 7.79. The molecule has 0 heterocycles. The minimum atomic E-state index is -0.0365. The highest BCUT2D eigenvalue weighted by molar-refractivity contribution is 5.91. The Morgan fingerprint density at radius 2 is 1.70 bits per heavy atom. The number of anilines is 3. The van der Waals surface area contributed by atoms with Crippen molar-refractivity contribution in [2.24, 2.45) is 0 Å². The van der Waals surface area contributed by atoms with Gasteiger partial charge in [0.1, 0.15) is 11.5 Å². The van der Waals surface area contributed by atoms with E-state index in [-0.39, 0.29) is 5.91 Å². The number of hydrogen-bond donors (Lipinski definition) is 2. The molecule has 0 fully saturated rings. The molecule has 0 aliphatic carbocycles. The first-order chi connectivity index (χ1) is 13.1. The highest BCUT2D eigenvalue weighted by Gasteiger charge is 2.07. The number of carbonyl (C=O) groups is 1. The maximum absolute atomic E-state index is 12.2. The van der Waals surface area contributed by atoms with Crippen LogP contribution < -0.4 is 25.0 Å². The van der Waals surface area contributed by atoms with E-state index in [0.29, 0.717) is 18.7 Å². The molecule has 27 heavy (non-hydrogen) atoms. The average molecular weight is 371 g/mol. The summed E-state index contributed by atoms with van der Waals surface area (Å²) in [5.41, 5.74) is 2.79. The van der Waals surface area contributed by atoms with Gasteiger partial charge in [-0.05, 0) is 50.2 Å². The fourth-order valence-corrected chi connectivity index (χ4v) is 2.82. The molecule has 0 bridgehead atoms. The average Bonchev–Trinajstić information content (AvgIpc) is 2.70. The Morgan fingerprint density at radius 1 is 1.00 bits per heavy atom. The lowest BCUT2D eigenvalue weighted by atomic mass is 10.2. The van der Waals surface area contributed by atoms with Gasteiger partial charge < -0.3 is 25.0 Å². The summed E-state index contributed by atoms with van der Waals surface area (Å²) in [6.07, 6.45) is 0.354. The third kappa shape index (κ3) is 5.81. The summed E-state index contributed by atoms with van der Waals surface area (Å²) in [6, 6.07) is 13.5. The molecule has 0 aromatic heterocycles. The van der Waals surface area contributed by atoms with Crippen LogP contribution in [-0.2, 0) is 4.79 Å². The van der Waals surface area contributed by atoms with Gasteiger partial charge in [0.15, 0.2) is 0 Å². The number of amides is 1. The molecule has 2 aromatic carbocycles. The second-order valence-electron chi connectivity index (χ2n) is 6.01. The van der Waals surface area contributed by atoms with E-state index in [9.17, 15) is 4.79 Å². The van der Waals surface area contributed by atoms with Crippen LogP contribution in [0.4, 0.5) is 17.1 Å². The second kappa shape index (κ2) is 10.3. The van der Waals surface area contributed by atoms with Crippen LogP contribution in [0.3, 0.4) is 0 Å². The molecule has 0 spiro atoms. The van der Waals surface area contributed by atoms with Gasteiger partial charge in [-0.25, -0.2) is 0 Å². The molecule has 0 saturated heterocycles. The van der Waals surface area contributed by atoms with Crippen molar-refractivity contribution in [2.75, 3.05) is 49.4 Å². The summed E-state index contributed by atoms with van der Waals surface area (Å²) in [5, 5.41) is 6.15. The highest BCUT2D eigenvalue weighted by atomic mass is 16.5. The van der Waals surface area contributed by atoms with Gasteiger partial charge in [0.05, 0.1) is 19.9 Å². The molecular weight excluding hydrogens is 342 g/mol. The number of benzene rings is 2. The van der Waals surface area contributed by atoms with Crippen molar-refractivity contribution in [3.05, 3.63) is 42.5 Å². The predicted molar refractivity (Wildman–Crippen MR) is 111 cm³/mol. The quantitative estimate of drug-likeness (QED) is 0.661. The Hall–Kier alpha value is -2.89. The SMILES string of the molecule is CCN(CC)c1ccc(NC(=O)CCNc2ccc(OC)cc2OC)cc1. The zero-order chi connectivity index (χ0) is 19.6. The molecule has 0 atom stereocenters. The van der Waals surface area contributed by atoms with Crippen LogP contribution in [0, 0.1) is 0 Å². The van der Waals surface area contributed by atoms with Crippen molar-refractivity contribution in [3.63, 3.8) is 0 Å². The minimum Gasteiger partial charge on any atom is -0.497 e. The normalized spacial score (nSPS) is 10.2. The summed E-state index contributed by atoms with van der Waals surface area (Å²) < 4.78 is 10.5. The van der Waals surface area contributed by atoms with Gasteiger partial charge in [-0.15, -0.1) is 0 Å². The van der Waals surface area contributed by atoms with Gasteiger partial charge in [0.25, 0.3) is 0 Å². The molecule has 146 valence electrons. The van der Waals surface area contributed by atoms with Crippen molar-refractivity contribution in [2.45, 2.75) is 20.3 Å². The van der Waals surface area contributed by atoms with Crippen LogP contribution in [0.25, 0.3) is 0 Å². The van der Waals surface area contributed by atoms with Gasteiger partial charge in [0, 0.05) is 43.5 Å². The van der Waals surface area contributed by atoms with Crippen molar-refractivity contribution >= 4 is 23.0 Å². The van der Waals surface area contributed by atoms with E-state index >= 15 is 0 Å². The van der Waals surface area contributed by atoms with Crippen molar-refractivity contribution in [1.29, 1.82) is 0 Å². The van der Waals surface area contributed by atoms with Crippen LogP contribution in [0.15, 0.2) is 42.5 Å². The Bertz CT molecular complexity index is 728. The van der Waals surface area contributed by atoms with Crippen LogP contribution in [-0.4, -0.2) is 39.8 Å². The van der Waals surface area contributed by atoms with E-state index < -0.39 is 0 Å². The predicted octanol–water partition coefficient (Wildman–Crippen LogP) is 3.99. The van der Waals surface area contributed by atoms with E-state index in [1.165, 1.54) is 0 Å². The summed E-state index contributed by atoms with van der Waals surface area (Å²) in [6.45, 7) is 6.69. The number of nitrogens with one attached hydrogen (secondary N) is 2. The minimum absolute atomic E-state index is 0.0365. The third-order valence-corrected chi connectivity index (χ3v) is 4.36. The lowest BCUT2D eigenvalue weighted by Crippen LogP contribution is -2.21. The van der Waals surface area contributed by atoms with Crippen LogP contribution in [0.2, 0.25) is 0 Å². The first kappa shape index (κ1) is 20.4. The third-order valence-electron chi connectivity index (χ3n) is 4.36. The van der Waals surface area contributed by atoms with Gasteiger partial charge >= 0.3 is 0 Å². The Morgan fingerprint density at radius 3 is 2.30 bits per heavy atom. The largest absolute Gasteiger partial charge is 0.497 e. The lowest BCUT2D eigenvalue weighted by Gasteiger charge is -2.21. The van der Waals surface area contributed by atoms with Gasteiger partial charge in [-0.3, -0.25) is 4.79 Å². The smallest absolute Gasteiger partial charge is 0.226 e. The topological polar surface area (TPSA) is 62.8 Å². The number of hydrogen-bond acceptors (Lipinski definition) is 5. The summed E-state index contributed by atoms with van der Waals surface area (Å²) in [7, 11) is 3.22. The first-order valence-corrected chi connectivity index (χ1v) is 9.22. The number of carbonyl (C=O) groups excluding carboxylic acids is 1. The molecule has 2 aromatic rings. The Labute approximate surface area is 161 Å². The molecule has 0 saturated carbocycles. The molecule has 0 aliphatic rings. The maximum Gasteiger partial charge on any atom is 0.226 e. The fraction of sp³-hybridized carbons (Fsp3) is 0.381. The van der Waals surface area contributed by atoms with Crippen molar-refractivity contribution in [1.82, 2.24) is 0 Å². The lowest BCUT2D eigenvalue weighted by molar-refractivity contribution is -0.115. The monoisotopic (exact) mass is 371 g/mol. The second-order valence-corrected chi connectivity index (χ2v) is 6.01. The number of ether oxygens (including phenoxy) is 2. The molecule has 0 radical (unpaired) electrons. The van der Waals surface area contributed by atoms with Crippen LogP contribution in [0.5, 0.6) is 11.5 Å². The summed E-state index contributed by atoms with van der Waals surface area (Å²) in [5.74, 6) is 1.37. The zero-order valence-electron chi connectivity index (χ0n) is 16.5. The molecule has 6 heteroatoms. The van der Waals surface area contributed by atoms with Gasteiger partial charge in [-0.1, -0.05) is 0 Å². The standard InChI is InChI=1S/C21H29N3O3/c1-5-24(6-2)17-9-7-16(8-10-17)23-21(25)13-14-22-19-12-11-18(26-3)15-20(19)27-4/h7-12,15,22H,5-6,13-14H2,1-4H3,(H,23,25). The molecule has 1 amide bonds. The number of methoxy groups -OCH3 is 2. The van der Waals surface area contributed by atoms with Crippen LogP contribution >= 0.6 is 0 Å². The molecular formula is C21H29N3O3. The van der Waals surface area contributed by atoms with Gasteiger partial charge in [0.2, 0.25) is 5.91 Å². The fourth-order valence-electron chi connectivity index (χ4n) is 2.82. The molecule has 6 nitrogen and oxygen atoms in total. The van der Waals surface area contributed by atoms with E-state index in [0.717, 1.165) is 35.9 Å². The highest BCUT2D eigenvalue weighted by Crippen LogP contribution is 2.28. The van der Waals surface area contributed by atoms with E-state index in [2.05, 4.69) is 29.4 Å². The maximum atomic E-state index is 12.2. The number of rotatable bonds is 10. The molecule has 2 N–H and O–H groups in total. The molecule has 0 unspecified atom stereocenters. The molecule has 0 aliphatic heterocycles. The molecule has 2 rings (SSSR count). The van der Waals surface area contributed by atoms with E-state index in [1.54, 1.807) is 20.3 Å². The van der Waals surface area contributed by atoms with Gasteiger partial charge in [-0.2, -0.15) is 0 Å². The van der Waals surface area contributed by atoms with Crippen LogP contribution in [0.1, 0.15) is 20.3 Å². The zero-order valence-corrected chi connectivity index (χ0v) is 16.5. The summed E-state index contributed by atoms with van der Waals surface area (Å²) in [4.78, 5) is 14.4. The van der Waals surface area contributed by atoms with Crippen molar-refractivity contribution < 1.29 is 14.3 Å².